The van der Waals surface area contributed by atoms with Crippen LogP contribution < -0.4 is 0 Å². The van der Waals surface area contributed by atoms with Crippen molar-refractivity contribution in [1.29, 1.82) is 0 Å². The number of ether oxygens (including phenoxy) is 2. The number of aromatic nitrogens is 1. The van der Waals surface area contributed by atoms with E-state index in [0.717, 1.165) is 5.56 Å². The van der Waals surface area contributed by atoms with Gasteiger partial charge in [0, 0.05) is 16.3 Å². The summed E-state index contributed by atoms with van der Waals surface area (Å²) in [7, 11) is -3.98. The van der Waals surface area contributed by atoms with Gasteiger partial charge in [0.25, 0.3) is 10.0 Å². The molecule has 7 nitrogen and oxygen atoms in total. The lowest BCUT2D eigenvalue weighted by molar-refractivity contribution is -0.146. The number of para-hydroxylation sites is 1. The molecule has 1 heterocycles. The normalized spacial score (nSPS) is 11.3. The number of carbonyl (C=O) groups is 2. The SMILES string of the molecule is CCOC(=O)C(=Cc1c(CBr)n(S(=O)(=O)c2ccc(C)cc2)c2ccccc12)C(=O)OCC. The van der Waals surface area contributed by atoms with Gasteiger partial charge in [-0.15, -0.1) is 0 Å². The average molecular weight is 534 g/mol. The number of hydrogen-bond acceptors (Lipinski definition) is 6. The van der Waals surface area contributed by atoms with E-state index in [1.165, 1.54) is 10.0 Å². The minimum absolute atomic E-state index is 0.0739. The Labute approximate surface area is 201 Å². The molecule has 33 heavy (non-hydrogen) atoms. The quantitative estimate of drug-likeness (QED) is 0.138. The number of nitrogens with zero attached hydrogens (tertiary/aromatic N) is 1. The highest BCUT2D eigenvalue weighted by Crippen LogP contribution is 2.33. The van der Waals surface area contributed by atoms with Gasteiger partial charge in [-0.25, -0.2) is 22.0 Å². The Hall–Kier alpha value is -2.91. The number of halogens is 1. The van der Waals surface area contributed by atoms with Gasteiger partial charge in [0.2, 0.25) is 0 Å². The third-order valence-corrected chi connectivity index (χ3v) is 7.23. The largest absolute Gasteiger partial charge is 0.462 e. The lowest BCUT2D eigenvalue weighted by Gasteiger charge is -2.12. The molecule has 1 aromatic heterocycles. The summed E-state index contributed by atoms with van der Waals surface area (Å²) in [6.07, 6.45) is 1.34. The van der Waals surface area contributed by atoms with Crippen LogP contribution in [0.2, 0.25) is 0 Å². The molecule has 0 amide bonds. The maximum Gasteiger partial charge on any atom is 0.345 e. The highest BCUT2D eigenvalue weighted by molar-refractivity contribution is 9.08. The van der Waals surface area contributed by atoms with Crippen molar-refractivity contribution in [3.05, 3.63) is 70.9 Å². The second kappa shape index (κ2) is 10.4. The van der Waals surface area contributed by atoms with Gasteiger partial charge >= 0.3 is 11.9 Å². The topological polar surface area (TPSA) is 91.7 Å². The number of alkyl halides is 1. The molecular formula is C24H24BrNO6S. The van der Waals surface area contributed by atoms with Crippen LogP contribution in [0.15, 0.2) is 59.0 Å². The first-order valence-corrected chi connectivity index (χ1v) is 12.9. The fraction of sp³-hybridized carbons (Fsp3) is 0.250. The Morgan fingerprint density at radius 2 is 1.55 bits per heavy atom. The summed E-state index contributed by atoms with van der Waals surface area (Å²) in [6, 6.07) is 13.5. The molecule has 0 aliphatic heterocycles. The van der Waals surface area contributed by atoms with Gasteiger partial charge in [-0.05, 0) is 45.0 Å². The van der Waals surface area contributed by atoms with Crippen LogP contribution >= 0.6 is 15.9 Å². The molecular weight excluding hydrogens is 510 g/mol. The Bertz CT molecular complexity index is 1300. The molecule has 2 aromatic carbocycles. The number of fused-ring (bicyclic) bond motifs is 1. The second-order valence-electron chi connectivity index (χ2n) is 7.09. The van der Waals surface area contributed by atoms with Crippen LogP contribution in [-0.4, -0.2) is 37.5 Å². The van der Waals surface area contributed by atoms with Crippen molar-refractivity contribution in [2.24, 2.45) is 0 Å². The Morgan fingerprint density at radius 1 is 0.970 bits per heavy atom. The van der Waals surface area contributed by atoms with Gasteiger partial charge in [-0.3, -0.25) is 0 Å². The fourth-order valence-corrected chi connectivity index (χ4v) is 5.71. The van der Waals surface area contributed by atoms with Crippen molar-refractivity contribution < 1.29 is 27.5 Å². The van der Waals surface area contributed by atoms with Gasteiger partial charge in [0.05, 0.1) is 29.3 Å². The number of hydrogen-bond donors (Lipinski definition) is 0. The zero-order chi connectivity index (χ0) is 24.2. The van der Waals surface area contributed by atoms with Gasteiger partial charge < -0.3 is 9.47 Å². The molecule has 0 atom stereocenters. The summed E-state index contributed by atoms with van der Waals surface area (Å²) >= 11 is 3.39. The molecule has 0 spiro atoms. The Balaban J connectivity index is 2.34. The highest BCUT2D eigenvalue weighted by atomic mass is 79.9. The predicted molar refractivity (Wildman–Crippen MR) is 130 cm³/mol. The van der Waals surface area contributed by atoms with Crippen LogP contribution in [0.4, 0.5) is 0 Å². The number of esters is 2. The summed E-state index contributed by atoms with van der Waals surface area (Å²) in [5, 5.41) is 0.714. The Morgan fingerprint density at radius 3 is 2.09 bits per heavy atom. The van der Waals surface area contributed by atoms with E-state index in [-0.39, 0.29) is 29.0 Å². The molecule has 0 radical (unpaired) electrons. The predicted octanol–water partition coefficient (Wildman–Crippen LogP) is 4.59. The third kappa shape index (κ3) is 4.89. The first kappa shape index (κ1) is 24.7. The number of rotatable bonds is 8. The molecule has 0 fully saturated rings. The van der Waals surface area contributed by atoms with Gasteiger partial charge in [-0.2, -0.15) is 0 Å². The minimum Gasteiger partial charge on any atom is -0.462 e. The van der Waals surface area contributed by atoms with Crippen molar-refractivity contribution in [2.75, 3.05) is 13.2 Å². The van der Waals surface area contributed by atoms with Crippen molar-refractivity contribution >= 4 is 54.9 Å². The molecule has 9 heteroatoms. The third-order valence-electron chi connectivity index (χ3n) is 4.93. The standard InChI is InChI=1S/C24H24BrNO6S/c1-4-31-23(27)20(24(28)32-5-2)14-19-18-8-6-7-9-21(18)26(22(19)15-25)33(29,30)17-12-10-16(3)11-13-17/h6-14H,4-5,15H2,1-3H3. The summed E-state index contributed by atoms with van der Waals surface area (Å²) in [5.74, 6) is -1.68. The molecule has 0 aliphatic carbocycles. The van der Waals surface area contributed by atoms with Crippen LogP contribution in [0.3, 0.4) is 0 Å². The summed E-state index contributed by atoms with van der Waals surface area (Å²) in [5.41, 5.74) is 1.82. The van der Waals surface area contributed by atoms with Crippen molar-refractivity contribution in [2.45, 2.75) is 31.0 Å². The van der Waals surface area contributed by atoms with Gasteiger partial charge in [0.15, 0.2) is 0 Å². The van der Waals surface area contributed by atoms with Crippen LogP contribution in [0.5, 0.6) is 0 Å². The first-order chi connectivity index (χ1) is 15.8. The van der Waals surface area contributed by atoms with E-state index in [9.17, 15) is 18.0 Å². The van der Waals surface area contributed by atoms with Crippen LogP contribution in [0, 0.1) is 6.92 Å². The number of benzene rings is 2. The maximum absolute atomic E-state index is 13.6. The van der Waals surface area contributed by atoms with Gasteiger partial charge in [-0.1, -0.05) is 51.8 Å². The van der Waals surface area contributed by atoms with E-state index in [1.54, 1.807) is 62.4 Å². The maximum atomic E-state index is 13.6. The summed E-state index contributed by atoms with van der Waals surface area (Å²) < 4.78 is 38.6. The van der Waals surface area contributed by atoms with E-state index in [2.05, 4.69) is 15.9 Å². The van der Waals surface area contributed by atoms with Crippen molar-refractivity contribution in [1.82, 2.24) is 3.97 Å². The van der Waals surface area contributed by atoms with Crippen LogP contribution in [0.25, 0.3) is 17.0 Å². The molecule has 0 saturated carbocycles. The molecule has 174 valence electrons. The van der Waals surface area contributed by atoms with Crippen LogP contribution in [-0.2, 0) is 34.4 Å². The van der Waals surface area contributed by atoms with E-state index in [4.69, 9.17) is 9.47 Å². The molecule has 3 rings (SSSR count). The molecule has 0 aliphatic rings. The molecule has 0 unspecified atom stereocenters. The zero-order valence-corrected chi connectivity index (χ0v) is 20.9. The van der Waals surface area contributed by atoms with E-state index in [1.807, 2.05) is 6.92 Å². The van der Waals surface area contributed by atoms with Crippen molar-refractivity contribution in [3.8, 4) is 0 Å². The minimum atomic E-state index is -3.98. The van der Waals surface area contributed by atoms with E-state index >= 15 is 0 Å². The molecule has 0 N–H and O–H groups in total. The molecule has 0 bridgehead atoms. The first-order valence-electron chi connectivity index (χ1n) is 10.3. The van der Waals surface area contributed by atoms with Gasteiger partial charge in [0.1, 0.15) is 5.57 Å². The van der Waals surface area contributed by atoms with Crippen molar-refractivity contribution in [3.63, 3.8) is 0 Å². The summed E-state index contributed by atoms with van der Waals surface area (Å²) in [6.45, 7) is 5.28. The lowest BCUT2D eigenvalue weighted by atomic mass is 10.1. The Kier molecular flexibility index (Phi) is 7.76. The van der Waals surface area contributed by atoms with Crippen LogP contribution in [0.1, 0.15) is 30.7 Å². The second-order valence-corrected chi connectivity index (χ2v) is 9.44. The fourth-order valence-electron chi connectivity index (χ4n) is 3.43. The monoisotopic (exact) mass is 533 g/mol. The summed E-state index contributed by atoms with van der Waals surface area (Å²) in [4.78, 5) is 25.2. The lowest BCUT2D eigenvalue weighted by Crippen LogP contribution is -2.18. The highest BCUT2D eigenvalue weighted by Gasteiger charge is 2.28. The van der Waals surface area contributed by atoms with E-state index < -0.39 is 22.0 Å². The van der Waals surface area contributed by atoms with E-state index in [0.29, 0.717) is 22.2 Å². The number of carbonyl (C=O) groups excluding carboxylic acids is 2. The average Bonchev–Trinajstić information content (AvgIpc) is 3.12. The smallest absolute Gasteiger partial charge is 0.345 e. The zero-order valence-electron chi connectivity index (χ0n) is 18.5. The molecule has 3 aromatic rings. The molecule has 0 saturated heterocycles. The number of aryl methyl sites for hydroxylation is 1.